The third kappa shape index (κ3) is 4.62. The first kappa shape index (κ1) is 19.7. The van der Waals surface area contributed by atoms with Crippen LogP contribution in [0.1, 0.15) is 16.8 Å². The molecule has 0 radical (unpaired) electrons. The number of benzene rings is 1. The molecule has 3 aromatic rings. The van der Waals surface area contributed by atoms with E-state index in [1.165, 1.54) is 22.6 Å². The van der Waals surface area contributed by atoms with Gasteiger partial charge in [-0.1, -0.05) is 23.8 Å². The van der Waals surface area contributed by atoms with E-state index in [-0.39, 0.29) is 22.8 Å². The van der Waals surface area contributed by atoms with Gasteiger partial charge in [0.1, 0.15) is 18.8 Å². The second kappa shape index (κ2) is 7.91. The number of sulfonamides is 1. The Hall–Kier alpha value is -3.04. The minimum Gasteiger partial charge on any atom is -0.458 e. The Morgan fingerprint density at radius 3 is 2.50 bits per heavy atom. The van der Waals surface area contributed by atoms with Crippen LogP contribution in [-0.4, -0.2) is 30.3 Å². The van der Waals surface area contributed by atoms with Gasteiger partial charge in [-0.25, -0.2) is 13.4 Å². The van der Waals surface area contributed by atoms with E-state index in [0.29, 0.717) is 5.65 Å². The van der Waals surface area contributed by atoms with Crippen molar-refractivity contribution in [3.05, 3.63) is 75.8 Å². The van der Waals surface area contributed by atoms with E-state index in [9.17, 15) is 18.0 Å². The Morgan fingerprint density at radius 2 is 1.79 bits per heavy atom. The maximum atomic E-state index is 12.2. The zero-order valence-corrected chi connectivity index (χ0v) is 16.2. The zero-order valence-electron chi connectivity index (χ0n) is 15.4. The summed E-state index contributed by atoms with van der Waals surface area (Å²) in [7, 11) is -3.81. The van der Waals surface area contributed by atoms with E-state index < -0.39 is 22.5 Å². The molecular formula is C19H19N3O5S. The van der Waals surface area contributed by atoms with Crippen molar-refractivity contribution in [3.8, 4) is 0 Å². The van der Waals surface area contributed by atoms with Crippen molar-refractivity contribution in [1.29, 1.82) is 0 Å². The predicted octanol–water partition coefficient (Wildman–Crippen LogP) is 1.33. The number of nitrogens with zero attached hydrogens (tertiary/aromatic N) is 2. The van der Waals surface area contributed by atoms with Crippen LogP contribution in [0.25, 0.3) is 5.65 Å². The summed E-state index contributed by atoms with van der Waals surface area (Å²) in [5.41, 5.74) is 2.26. The fourth-order valence-corrected chi connectivity index (χ4v) is 3.46. The number of hydrogen-bond donors (Lipinski definition) is 1. The lowest BCUT2D eigenvalue weighted by Gasteiger charge is -2.08. The second-order valence-corrected chi connectivity index (χ2v) is 8.09. The van der Waals surface area contributed by atoms with E-state index in [1.807, 2.05) is 19.9 Å². The molecule has 3 rings (SSSR count). The number of fused-ring (bicyclic) bond motifs is 1. The molecule has 0 saturated carbocycles. The average molecular weight is 401 g/mol. The number of aryl methyl sites for hydroxylation is 2. The number of esters is 1. The first-order chi connectivity index (χ1) is 13.2. The second-order valence-electron chi connectivity index (χ2n) is 6.32. The van der Waals surface area contributed by atoms with Gasteiger partial charge in [0.15, 0.2) is 0 Å². The van der Waals surface area contributed by atoms with Gasteiger partial charge in [-0.15, -0.1) is 0 Å². The number of hydrogen-bond acceptors (Lipinski definition) is 6. The Bertz CT molecular complexity index is 1180. The molecule has 2 aromatic heterocycles. The third-order valence-corrected chi connectivity index (χ3v) is 5.40. The number of carbonyl (C=O) groups excluding carboxylic acids is 1. The van der Waals surface area contributed by atoms with Gasteiger partial charge in [-0.2, -0.15) is 4.72 Å². The van der Waals surface area contributed by atoms with Crippen molar-refractivity contribution in [2.24, 2.45) is 0 Å². The first-order valence-electron chi connectivity index (χ1n) is 8.45. The summed E-state index contributed by atoms with van der Waals surface area (Å²) < 4.78 is 32.9. The lowest BCUT2D eigenvalue weighted by atomic mass is 10.2. The molecule has 0 aliphatic carbocycles. The standard InChI is InChI=1S/C19H19N3O5S/c1-13-3-6-16(7-4-13)28(25,26)20-10-19(24)27-12-15-9-18(23)22-11-14(2)5-8-17(22)21-15/h3-9,11,20H,10,12H2,1-2H3. The topological polar surface area (TPSA) is 107 Å². The molecular weight excluding hydrogens is 382 g/mol. The first-order valence-corrected chi connectivity index (χ1v) is 9.94. The summed E-state index contributed by atoms with van der Waals surface area (Å²) in [6.45, 7) is 2.95. The van der Waals surface area contributed by atoms with Crippen molar-refractivity contribution in [1.82, 2.24) is 14.1 Å². The molecule has 0 aliphatic rings. The van der Waals surface area contributed by atoms with Crippen LogP contribution in [0.2, 0.25) is 0 Å². The van der Waals surface area contributed by atoms with Crippen LogP contribution in [0.15, 0.2) is 58.4 Å². The number of rotatable bonds is 6. The van der Waals surface area contributed by atoms with Crippen LogP contribution in [0.5, 0.6) is 0 Å². The third-order valence-electron chi connectivity index (χ3n) is 3.98. The molecule has 8 nitrogen and oxygen atoms in total. The Morgan fingerprint density at radius 1 is 1.11 bits per heavy atom. The highest BCUT2D eigenvalue weighted by atomic mass is 32.2. The molecule has 0 aliphatic heterocycles. The van der Waals surface area contributed by atoms with Gasteiger partial charge in [0.2, 0.25) is 10.0 Å². The fourth-order valence-electron chi connectivity index (χ4n) is 2.49. The fraction of sp³-hybridized carbons (Fsp3) is 0.211. The maximum Gasteiger partial charge on any atom is 0.321 e. The highest BCUT2D eigenvalue weighted by molar-refractivity contribution is 7.89. The molecule has 0 amide bonds. The van der Waals surface area contributed by atoms with Crippen molar-refractivity contribution >= 4 is 21.6 Å². The maximum absolute atomic E-state index is 12.2. The molecule has 0 spiro atoms. The van der Waals surface area contributed by atoms with E-state index in [0.717, 1.165) is 11.1 Å². The molecule has 0 fully saturated rings. The van der Waals surface area contributed by atoms with Gasteiger partial charge in [0.25, 0.3) is 5.56 Å². The van der Waals surface area contributed by atoms with Crippen molar-refractivity contribution in [2.45, 2.75) is 25.3 Å². The molecule has 28 heavy (non-hydrogen) atoms. The molecule has 146 valence electrons. The van der Waals surface area contributed by atoms with E-state index in [4.69, 9.17) is 4.74 Å². The van der Waals surface area contributed by atoms with Gasteiger partial charge in [-0.3, -0.25) is 14.0 Å². The quantitative estimate of drug-likeness (QED) is 0.625. The van der Waals surface area contributed by atoms with Gasteiger partial charge < -0.3 is 4.74 Å². The molecule has 9 heteroatoms. The summed E-state index contributed by atoms with van der Waals surface area (Å²) >= 11 is 0. The van der Waals surface area contributed by atoms with Crippen molar-refractivity contribution < 1.29 is 17.9 Å². The van der Waals surface area contributed by atoms with Crippen LogP contribution < -0.4 is 10.3 Å². The van der Waals surface area contributed by atoms with E-state index in [2.05, 4.69) is 9.71 Å². The Kier molecular flexibility index (Phi) is 5.57. The Balaban J connectivity index is 1.61. The van der Waals surface area contributed by atoms with Crippen LogP contribution in [0.4, 0.5) is 0 Å². The van der Waals surface area contributed by atoms with E-state index in [1.54, 1.807) is 24.4 Å². The average Bonchev–Trinajstić information content (AvgIpc) is 2.66. The van der Waals surface area contributed by atoms with Crippen LogP contribution >= 0.6 is 0 Å². The van der Waals surface area contributed by atoms with Crippen LogP contribution in [-0.2, 0) is 26.2 Å². The summed E-state index contributed by atoms with van der Waals surface area (Å²) in [5.74, 6) is -0.776. The zero-order chi connectivity index (χ0) is 20.3. The summed E-state index contributed by atoms with van der Waals surface area (Å²) in [6.07, 6.45) is 1.67. The molecule has 0 bridgehead atoms. The highest BCUT2D eigenvalue weighted by Crippen LogP contribution is 2.09. The van der Waals surface area contributed by atoms with Gasteiger partial charge >= 0.3 is 5.97 Å². The Labute approximate surface area is 161 Å². The van der Waals surface area contributed by atoms with Gasteiger partial charge in [-0.05, 0) is 37.6 Å². The lowest BCUT2D eigenvalue weighted by Crippen LogP contribution is -2.30. The largest absolute Gasteiger partial charge is 0.458 e. The van der Waals surface area contributed by atoms with E-state index >= 15 is 0 Å². The normalized spacial score (nSPS) is 11.5. The highest BCUT2D eigenvalue weighted by Gasteiger charge is 2.16. The number of nitrogens with one attached hydrogen (secondary N) is 1. The van der Waals surface area contributed by atoms with Crippen molar-refractivity contribution in [2.75, 3.05) is 6.54 Å². The van der Waals surface area contributed by atoms with Gasteiger partial charge in [0, 0.05) is 12.3 Å². The monoisotopic (exact) mass is 401 g/mol. The number of carbonyl (C=O) groups is 1. The predicted molar refractivity (Wildman–Crippen MR) is 102 cm³/mol. The van der Waals surface area contributed by atoms with Crippen LogP contribution in [0.3, 0.4) is 0 Å². The molecule has 1 aromatic carbocycles. The van der Waals surface area contributed by atoms with Crippen molar-refractivity contribution in [3.63, 3.8) is 0 Å². The number of pyridine rings is 1. The van der Waals surface area contributed by atoms with Crippen LogP contribution in [0, 0.1) is 13.8 Å². The molecule has 2 heterocycles. The molecule has 0 saturated heterocycles. The molecule has 0 unspecified atom stereocenters. The molecule has 1 N–H and O–H groups in total. The number of ether oxygens (including phenoxy) is 1. The number of aromatic nitrogens is 2. The summed E-state index contributed by atoms with van der Waals surface area (Å²) in [5, 5.41) is 0. The summed E-state index contributed by atoms with van der Waals surface area (Å²) in [6, 6.07) is 11.0. The minimum atomic E-state index is -3.81. The molecule has 0 atom stereocenters. The minimum absolute atomic E-state index is 0.0606. The van der Waals surface area contributed by atoms with Gasteiger partial charge in [0.05, 0.1) is 10.6 Å². The summed E-state index contributed by atoms with van der Waals surface area (Å²) in [4.78, 5) is 28.3. The smallest absolute Gasteiger partial charge is 0.321 e. The SMILES string of the molecule is Cc1ccc(S(=O)(=O)NCC(=O)OCc2cc(=O)n3cc(C)ccc3n2)cc1. The lowest BCUT2D eigenvalue weighted by molar-refractivity contribution is -0.143.